The highest BCUT2D eigenvalue weighted by Crippen LogP contribution is 2.33. The lowest BCUT2D eigenvalue weighted by Gasteiger charge is -2.12. The number of phenols is 2. The van der Waals surface area contributed by atoms with Gasteiger partial charge in [0, 0.05) is 5.69 Å². The fourth-order valence-electron chi connectivity index (χ4n) is 1.90. The van der Waals surface area contributed by atoms with Gasteiger partial charge in [0.15, 0.2) is 0 Å². The lowest BCUT2D eigenvalue weighted by atomic mass is 10.0. The smallest absolute Gasteiger partial charge is 0.263 e. The van der Waals surface area contributed by atoms with Crippen LogP contribution < -0.4 is 5.32 Å². The Hall–Kier alpha value is -2.49. The minimum atomic E-state index is -0.534. The number of carbonyl (C=O) groups is 1. The van der Waals surface area contributed by atoms with E-state index in [-0.39, 0.29) is 17.1 Å². The van der Waals surface area contributed by atoms with Gasteiger partial charge in [0.1, 0.15) is 17.1 Å². The molecule has 0 aliphatic heterocycles. The zero-order valence-corrected chi connectivity index (χ0v) is 10.8. The molecule has 0 radical (unpaired) electrons. The summed E-state index contributed by atoms with van der Waals surface area (Å²) in [4.78, 5) is 12.1. The van der Waals surface area contributed by atoms with Gasteiger partial charge in [0.25, 0.3) is 5.91 Å². The summed E-state index contributed by atoms with van der Waals surface area (Å²) in [5, 5.41) is 22.5. The number of phenolic OH excluding ortho intramolecular Hbond substituents is 2. The van der Waals surface area contributed by atoms with Crippen molar-refractivity contribution in [2.24, 2.45) is 0 Å². The minimum Gasteiger partial charge on any atom is -0.507 e. The Kier molecular flexibility index (Phi) is 3.42. The van der Waals surface area contributed by atoms with Crippen LogP contribution in [0.5, 0.6) is 11.5 Å². The largest absolute Gasteiger partial charge is 0.507 e. The Morgan fingerprint density at radius 1 is 1.00 bits per heavy atom. The number of aryl methyl sites for hydroxylation is 2. The highest BCUT2D eigenvalue weighted by Gasteiger charge is 2.20. The molecule has 0 aliphatic carbocycles. The first-order valence-electron chi connectivity index (χ1n) is 5.89. The van der Waals surface area contributed by atoms with Gasteiger partial charge in [-0.2, -0.15) is 0 Å². The van der Waals surface area contributed by atoms with Crippen molar-refractivity contribution < 1.29 is 15.0 Å². The van der Waals surface area contributed by atoms with Crippen LogP contribution in [0.3, 0.4) is 0 Å². The summed E-state index contributed by atoms with van der Waals surface area (Å²) >= 11 is 0. The Balaban J connectivity index is 2.40. The van der Waals surface area contributed by atoms with E-state index in [1.807, 2.05) is 6.07 Å². The molecule has 0 aromatic heterocycles. The zero-order valence-electron chi connectivity index (χ0n) is 10.8. The van der Waals surface area contributed by atoms with Crippen molar-refractivity contribution in [1.82, 2.24) is 0 Å². The number of aromatic hydroxyl groups is 2. The van der Waals surface area contributed by atoms with Gasteiger partial charge in [-0.15, -0.1) is 0 Å². The van der Waals surface area contributed by atoms with Gasteiger partial charge in [-0.05, 0) is 43.2 Å². The molecule has 4 heteroatoms. The second-order valence-electron chi connectivity index (χ2n) is 4.40. The molecule has 0 aliphatic rings. The molecular weight excluding hydrogens is 242 g/mol. The van der Waals surface area contributed by atoms with Crippen LogP contribution in [0.2, 0.25) is 0 Å². The van der Waals surface area contributed by atoms with Crippen LogP contribution >= 0.6 is 0 Å². The standard InChI is InChI=1S/C15H15NO3/c1-9-8-10(2)14(18)12(13(9)17)15(19)16-11-6-4-3-5-7-11/h3-8,17-18H,1-2H3,(H,16,19). The first-order chi connectivity index (χ1) is 9.00. The van der Waals surface area contributed by atoms with E-state index in [1.54, 1.807) is 44.2 Å². The third kappa shape index (κ3) is 2.52. The normalized spacial score (nSPS) is 10.2. The van der Waals surface area contributed by atoms with Crippen molar-refractivity contribution >= 4 is 11.6 Å². The number of hydrogen-bond acceptors (Lipinski definition) is 3. The molecule has 0 spiro atoms. The zero-order chi connectivity index (χ0) is 14.0. The predicted molar refractivity (Wildman–Crippen MR) is 73.6 cm³/mol. The third-order valence-electron chi connectivity index (χ3n) is 2.91. The maximum Gasteiger partial charge on any atom is 0.263 e. The summed E-state index contributed by atoms with van der Waals surface area (Å²) in [7, 11) is 0. The molecule has 0 saturated carbocycles. The first kappa shape index (κ1) is 13.0. The lowest BCUT2D eigenvalue weighted by Crippen LogP contribution is -2.13. The molecule has 2 aromatic carbocycles. The van der Waals surface area contributed by atoms with E-state index in [0.717, 1.165) is 0 Å². The van der Waals surface area contributed by atoms with E-state index in [0.29, 0.717) is 16.8 Å². The molecule has 0 fully saturated rings. The third-order valence-corrected chi connectivity index (χ3v) is 2.91. The van der Waals surface area contributed by atoms with E-state index in [1.165, 1.54) is 0 Å². The summed E-state index contributed by atoms with van der Waals surface area (Å²) in [6, 6.07) is 10.5. The van der Waals surface area contributed by atoms with E-state index >= 15 is 0 Å². The number of nitrogens with one attached hydrogen (secondary N) is 1. The van der Waals surface area contributed by atoms with Crippen LogP contribution in [0.4, 0.5) is 5.69 Å². The van der Waals surface area contributed by atoms with Gasteiger partial charge in [0.05, 0.1) is 0 Å². The summed E-state index contributed by atoms with van der Waals surface area (Å²) in [5.41, 5.74) is 1.61. The van der Waals surface area contributed by atoms with Crippen LogP contribution in [-0.4, -0.2) is 16.1 Å². The fraction of sp³-hybridized carbons (Fsp3) is 0.133. The molecule has 98 valence electrons. The molecule has 0 unspecified atom stereocenters. The SMILES string of the molecule is Cc1cc(C)c(O)c(C(=O)Nc2ccccc2)c1O. The molecule has 0 bridgehead atoms. The number of rotatable bonds is 2. The molecule has 0 heterocycles. The van der Waals surface area contributed by atoms with Crippen LogP contribution in [0.1, 0.15) is 21.5 Å². The Labute approximate surface area is 111 Å². The lowest BCUT2D eigenvalue weighted by molar-refractivity contribution is 0.102. The van der Waals surface area contributed by atoms with Gasteiger partial charge in [-0.1, -0.05) is 18.2 Å². The average Bonchev–Trinajstić information content (AvgIpc) is 2.38. The summed E-state index contributed by atoms with van der Waals surface area (Å²) in [5.74, 6) is -0.930. The van der Waals surface area contributed by atoms with Gasteiger partial charge in [-0.25, -0.2) is 0 Å². The van der Waals surface area contributed by atoms with Crippen LogP contribution in [0, 0.1) is 13.8 Å². The van der Waals surface area contributed by atoms with Crippen molar-refractivity contribution in [3.63, 3.8) is 0 Å². The molecule has 1 amide bonds. The van der Waals surface area contributed by atoms with E-state index < -0.39 is 5.91 Å². The van der Waals surface area contributed by atoms with Crippen molar-refractivity contribution in [2.75, 3.05) is 5.32 Å². The van der Waals surface area contributed by atoms with Crippen LogP contribution in [0.25, 0.3) is 0 Å². The van der Waals surface area contributed by atoms with Crippen molar-refractivity contribution in [3.8, 4) is 11.5 Å². The Morgan fingerprint density at radius 2 is 1.53 bits per heavy atom. The number of benzene rings is 2. The quantitative estimate of drug-likeness (QED) is 0.774. The topological polar surface area (TPSA) is 69.6 Å². The number of amides is 1. The summed E-state index contributed by atoms with van der Waals surface area (Å²) in [6.45, 7) is 3.36. The van der Waals surface area contributed by atoms with Crippen molar-refractivity contribution in [1.29, 1.82) is 0 Å². The van der Waals surface area contributed by atoms with Crippen molar-refractivity contribution in [2.45, 2.75) is 13.8 Å². The number of carbonyl (C=O) groups excluding carboxylic acids is 1. The molecule has 0 saturated heterocycles. The van der Waals surface area contributed by atoms with E-state index in [2.05, 4.69) is 5.32 Å². The Morgan fingerprint density at radius 3 is 2.05 bits per heavy atom. The fourth-order valence-corrected chi connectivity index (χ4v) is 1.90. The van der Waals surface area contributed by atoms with Crippen LogP contribution in [-0.2, 0) is 0 Å². The molecule has 2 aromatic rings. The summed E-state index contributed by atoms with van der Waals surface area (Å²) in [6.07, 6.45) is 0. The number of anilines is 1. The molecular formula is C15H15NO3. The first-order valence-corrected chi connectivity index (χ1v) is 5.89. The second-order valence-corrected chi connectivity index (χ2v) is 4.40. The van der Waals surface area contributed by atoms with E-state index in [4.69, 9.17) is 0 Å². The maximum absolute atomic E-state index is 12.1. The number of para-hydroxylation sites is 1. The Bertz CT molecular complexity index is 595. The molecule has 3 N–H and O–H groups in total. The highest BCUT2D eigenvalue weighted by atomic mass is 16.3. The number of hydrogen-bond donors (Lipinski definition) is 3. The van der Waals surface area contributed by atoms with Crippen LogP contribution in [0.15, 0.2) is 36.4 Å². The minimum absolute atomic E-state index is 0.0960. The van der Waals surface area contributed by atoms with Gasteiger partial charge in [-0.3, -0.25) is 4.79 Å². The van der Waals surface area contributed by atoms with E-state index in [9.17, 15) is 15.0 Å². The monoisotopic (exact) mass is 257 g/mol. The van der Waals surface area contributed by atoms with Gasteiger partial charge >= 0.3 is 0 Å². The van der Waals surface area contributed by atoms with Crippen molar-refractivity contribution in [3.05, 3.63) is 53.1 Å². The maximum atomic E-state index is 12.1. The second kappa shape index (κ2) is 5.02. The molecule has 19 heavy (non-hydrogen) atoms. The average molecular weight is 257 g/mol. The predicted octanol–water partition coefficient (Wildman–Crippen LogP) is 2.97. The van der Waals surface area contributed by atoms with Gasteiger partial charge < -0.3 is 15.5 Å². The molecule has 0 atom stereocenters. The highest BCUT2D eigenvalue weighted by molar-refractivity contribution is 6.08. The summed E-state index contributed by atoms with van der Waals surface area (Å²) < 4.78 is 0. The van der Waals surface area contributed by atoms with Gasteiger partial charge in [0.2, 0.25) is 0 Å². The molecule has 2 rings (SSSR count). The molecule has 4 nitrogen and oxygen atoms in total.